The number of hydrogen-bond acceptors (Lipinski definition) is 5. The van der Waals surface area contributed by atoms with E-state index in [4.69, 9.17) is 0 Å². The third-order valence-corrected chi connectivity index (χ3v) is 4.86. The minimum absolute atomic E-state index is 0.0215. The SMILES string of the molecule is Cn1c(N2CCC(C(=O)NCc3ccccn3)CC2)cc(=O)n(C)c1=O. The summed E-state index contributed by atoms with van der Waals surface area (Å²) in [4.78, 5) is 42.5. The second-order valence-corrected chi connectivity index (χ2v) is 6.54. The zero-order valence-corrected chi connectivity index (χ0v) is 15.0. The van der Waals surface area contributed by atoms with Crippen molar-refractivity contribution in [1.82, 2.24) is 19.4 Å². The molecule has 0 atom stereocenters. The maximum Gasteiger partial charge on any atom is 0.332 e. The van der Waals surface area contributed by atoms with Crippen LogP contribution in [-0.2, 0) is 25.4 Å². The highest BCUT2D eigenvalue weighted by molar-refractivity contribution is 5.78. The van der Waals surface area contributed by atoms with Gasteiger partial charge in [0.2, 0.25) is 5.91 Å². The molecule has 0 unspecified atom stereocenters. The van der Waals surface area contributed by atoms with Crippen LogP contribution in [0.25, 0.3) is 0 Å². The lowest BCUT2D eigenvalue weighted by atomic mass is 9.96. The lowest BCUT2D eigenvalue weighted by Gasteiger charge is -2.33. The number of carbonyl (C=O) groups is 1. The predicted octanol–water partition coefficient (Wildman–Crippen LogP) is 0.0118. The number of rotatable bonds is 4. The maximum atomic E-state index is 12.4. The largest absolute Gasteiger partial charge is 0.358 e. The van der Waals surface area contributed by atoms with Crippen molar-refractivity contribution in [1.29, 1.82) is 0 Å². The summed E-state index contributed by atoms with van der Waals surface area (Å²) in [6.45, 7) is 1.67. The monoisotopic (exact) mass is 357 g/mol. The summed E-state index contributed by atoms with van der Waals surface area (Å²) in [5.41, 5.74) is 0.162. The highest BCUT2D eigenvalue weighted by Gasteiger charge is 2.26. The first-order chi connectivity index (χ1) is 12.5. The van der Waals surface area contributed by atoms with Crippen molar-refractivity contribution in [3.8, 4) is 0 Å². The van der Waals surface area contributed by atoms with Crippen molar-refractivity contribution in [3.05, 3.63) is 57.0 Å². The van der Waals surface area contributed by atoms with Crippen LogP contribution in [0.4, 0.5) is 5.82 Å². The first-order valence-electron chi connectivity index (χ1n) is 8.67. The summed E-state index contributed by atoms with van der Waals surface area (Å²) in [6, 6.07) is 7.08. The smallest absolute Gasteiger partial charge is 0.332 e. The molecular weight excluding hydrogens is 334 g/mol. The second kappa shape index (κ2) is 7.55. The lowest BCUT2D eigenvalue weighted by molar-refractivity contribution is -0.125. The van der Waals surface area contributed by atoms with Crippen LogP contribution in [0.3, 0.4) is 0 Å². The molecule has 2 aromatic heterocycles. The van der Waals surface area contributed by atoms with Gasteiger partial charge in [0.25, 0.3) is 5.56 Å². The van der Waals surface area contributed by atoms with Crippen molar-refractivity contribution in [2.45, 2.75) is 19.4 Å². The van der Waals surface area contributed by atoms with Gasteiger partial charge < -0.3 is 10.2 Å². The Hall–Kier alpha value is -2.90. The number of amides is 1. The van der Waals surface area contributed by atoms with Gasteiger partial charge in [0.05, 0.1) is 12.2 Å². The Morgan fingerprint density at radius 3 is 2.58 bits per heavy atom. The minimum Gasteiger partial charge on any atom is -0.358 e. The maximum absolute atomic E-state index is 12.4. The van der Waals surface area contributed by atoms with Crippen molar-refractivity contribution < 1.29 is 4.79 Å². The molecule has 138 valence electrons. The van der Waals surface area contributed by atoms with Crippen molar-refractivity contribution >= 4 is 11.7 Å². The van der Waals surface area contributed by atoms with Gasteiger partial charge in [-0.2, -0.15) is 0 Å². The molecule has 0 aliphatic carbocycles. The molecule has 1 aliphatic rings. The van der Waals surface area contributed by atoms with Gasteiger partial charge >= 0.3 is 5.69 Å². The fourth-order valence-corrected chi connectivity index (χ4v) is 3.22. The molecule has 2 aromatic rings. The normalized spacial score (nSPS) is 15.1. The molecule has 0 aromatic carbocycles. The fraction of sp³-hybridized carbons (Fsp3) is 0.444. The molecule has 8 heteroatoms. The highest BCUT2D eigenvalue weighted by atomic mass is 16.2. The predicted molar refractivity (Wildman–Crippen MR) is 97.9 cm³/mol. The number of pyridine rings is 1. The van der Waals surface area contributed by atoms with Crippen LogP contribution in [0, 0.1) is 5.92 Å². The van der Waals surface area contributed by atoms with Gasteiger partial charge in [-0.05, 0) is 25.0 Å². The van der Waals surface area contributed by atoms with Crippen LogP contribution in [-0.4, -0.2) is 33.1 Å². The standard InChI is InChI=1S/C18H23N5O3/c1-21-15(11-16(24)22(2)18(21)26)23-9-6-13(7-10-23)17(25)20-12-14-5-3-4-8-19-14/h3-5,8,11,13H,6-7,9-10,12H2,1-2H3,(H,20,25). The first kappa shape index (κ1) is 17.9. The molecule has 0 bridgehead atoms. The molecule has 3 heterocycles. The van der Waals surface area contributed by atoms with Crippen molar-refractivity contribution in [2.24, 2.45) is 20.0 Å². The Kier molecular flexibility index (Phi) is 5.20. The average molecular weight is 357 g/mol. The van der Waals surface area contributed by atoms with Crippen LogP contribution >= 0.6 is 0 Å². The summed E-state index contributed by atoms with van der Waals surface area (Å²) in [7, 11) is 3.12. The molecular formula is C18H23N5O3. The van der Waals surface area contributed by atoms with Crippen molar-refractivity contribution in [2.75, 3.05) is 18.0 Å². The van der Waals surface area contributed by atoms with Gasteiger partial charge in [0, 0.05) is 45.4 Å². The van der Waals surface area contributed by atoms with Gasteiger partial charge in [-0.3, -0.25) is 23.7 Å². The molecule has 8 nitrogen and oxygen atoms in total. The van der Waals surface area contributed by atoms with Crippen LogP contribution in [0.5, 0.6) is 0 Å². The van der Waals surface area contributed by atoms with Crippen LogP contribution < -0.4 is 21.5 Å². The molecule has 26 heavy (non-hydrogen) atoms. The van der Waals surface area contributed by atoms with E-state index in [1.807, 2.05) is 23.1 Å². The van der Waals surface area contributed by atoms with Gasteiger partial charge in [0.1, 0.15) is 5.82 Å². The number of aromatic nitrogens is 3. The van der Waals surface area contributed by atoms with Gasteiger partial charge in [-0.25, -0.2) is 4.79 Å². The van der Waals surface area contributed by atoms with Crippen LogP contribution in [0.15, 0.2) is 40.1 Å². The number of hydrogen-bond donors (Lipinski definition) is 1. The Bertz CT molecular complexity index is 895. The van der Waals surface area contributed by atoms with E-state index >= 15 is 0 Å². The molecule has 3 rings (SSSR count). The second-order valence-electron chi connectivity index (χ2n) is 6.54. The zero-order chi connectivity index (χ0) is 18.7. The number of piperidine rings is 1. The molecule has 1 aliphatic heterocycles. The van der Waals surface area contributed by atoms with Crippen LogP contribution in [0.2, 0.25) is 0 Å². The number of nitrogens with zero attached hydrogens (tertiary/aromatic N) is 4. The fourth-order valence-electron chi connectivity index (χ4n) is 3.22. The van der Waals surface area contributed by atoms with E-state index < -0.39 is 0 Å². The molecule has 1 fully saturated rings. The lowest BCUT2D eigenvalue weighted by Crippen LogP contribution is -2.44. The van der Waals surface area contributed by atoms with Crippen molar-refractivity contribution in [3.63, 3.8) is 0 Å². The van der Waals surface area contributed by atoms with E-state index in [1.165, 1.54) is 17.7 Å². The highest BCUT2D eigenvalue weighted by Crippen LogP contribution is 2.21. The van der Waals surface area contributed by atoms with E-state index in [1.54, 1.807) is 13.2 Å². The Labute approximate surface area is 151 Å². The third kappa shape index (κ3) is 3.68. The molecule has 1 amide bonds. The average Bonchev–Trinajstić information content (AvgIpc) is 2.68. The van der Waals surface area contributed by atoms with Crippen LogP contribution in [0.1, 0.15) is 18.5 Å². The summed E-state index contributed by atoms with van der Waals surface area (Å²) in [6.07, 6.45) is 3.06. The zero-order valence-electron chi connectivity index (χ0n) is 15.0. The Morgan fingerprint density at radius 1 is 1.19 bits per heavy atom. The molecule has 1 saturated heterocycles. The van der Waals surface area contributed by atoms with E-state index in [2.05, 4.69) is 10.3 Å². The van der Waals surface area contributed by atoms with Gasteiger partial charge in [0.15, 0.2) is 0 Å². The number of carbonyl (C=O) groups excluding carboxylic acids is 1. The molecule has 0 radical (unpaired) electrons. The third-order valence-electron chi connectivity index (χ3n) is 4.86. The summed E-state index contributed by atoms with van der Waals surface area (Å²) >= 11 is 0. The van der Waals surface area contributed by atoms with Gasteiger partial charge in [-0.15, -0.1) is 0 Å². The summed E-state index contributed by atoms with van der Waals surface area (Å²) < 4.78 is 2.56. The summed E-state index contributed by atoms with van der Waals surface area (Å²) in [5.74, 6) is 0.553. The van der Waals surface area contributed by atoms with E-state index in [-0.39, 0.29) is 23.1 Å². The molecule has 1 N–H and O–H groups in total. The van der Waals surface area contributed by atoms with Gasteiger partial charge in [-0.1, -0.05) is 6.07 Å². The van der Waals surface area contributed by atoms with E-state index in [0.717, 1.165) is 10.3 Å². The quantitative estimate of drug-likeness (QED) is 0.833. The minimum atomic E-state index is -0.345. The number of nitrogens with one attached hydrogen (secondary N) is 1. The van der Waals surface area contributed by atoms with E-state index in [0.29, 0.717) is 38.3 Å². The topological polar surface area (TPSA) is 89.2 Å². The Balaban J connectivity index is 1.60. The molecule has 0 spiro atoms. The van der Waals surface area contributed by atoms with E-state index in [9.17, 15) is 14.4 Å². The first-order valence-corrected chi connectivity index (χ1v) is 8.67. The summed E-state index contributed by atoms with van der Waals surface area (Å²) in [5, 5.41) is 2.93. The molecule has 0 saturated carbocycles. The Morgan fingerprint density at radius 2 is 1.92 bits per heavy atom. The number of anilines is 1.